The van der Waals surface area contributed by atoms with Crippen LogP contribution in [0.3, 0.4) is 0 Å². The van der Waals surface area contributed by atoms with Gasteiger partial charge >= 0.3 is 19.5 Å². The van der Waals surface area contributed by atoms with Gasteiger partial charge in [-0.2, -0.15) is 0 Å². The Morgan fingerprint density at radius 3 is 1.27 bits per heavy atom. The zero-order chi connectivity index (χ0) is 37.7. The van der Waals surface area contributed by atoms with E-state index >= 15 is 0 Å². The molecule has 1 N–H and O–H groups in total. The van der Waals surface area contributed by atoms with Crippen molar-refractivity contribution in [1.82, 2.24) is 19.9 Å². The maximum atomic E-state index is 12.6. The minimum absolute atomic E-state index is 0. The number of carbonyl (C=O) groups excluding carboxylic acids is 1. The van der Waals surface area contributed by atoms with Crippen molar-refractivity contribution < 1.29 is 82.0 Å². The molecule has 0 aliphatic heterocycles. The van der Waals surface area contributed by atoms with Crippen molar-refractivity contribution in [2.45, 2.75) is 40.4 Å². The van der Waals surface area contributed by atoms with Crippen molar-refractivity contribution in [3.8, 4) is 22.5 Å². The van der Waals surface area contributed by atoms with Gasteiger partial charge in [0.15, 0.2) is 0 Å². The van der Waals surface area contributed by atoms with Gasteiger partial charge in [-0.1, -0.05) is 99.6 Å². The van der Waals surface area contributed by atoms with Crippen LogP contribution in [0.4, 0.5) is 5.82 Å². The van der Waals surface area contributed by atoms with E-state index in [0.29, 0.717) is 25.5 Å². The standard InChI is InChI=1S/C35H35N5O.2ClHO4.Zn/c1-35(2,3)34(41)39-33-22-12-19-30(38-33)25-40(23-28-17-10-20-31(36-28)26-13-6-4-7-14-26)24-29-18-11-21-32(37-29)27-15-8-5-9-16-27;2*2-1(3,4)5;/h4-22H,23-25H2,1-3H3,(H,38,39,41);2*(H,2,3,4,5);/q;;;+2/p-2. The van der Waals surface area contributed by atoms with E-state index in [9.17, 15) is 4.79 Å². The molecule has 0 unspecified atom stereocenters. The molecule has 0 aliphatic carbocycles. The summed E-state index contributed by atoms with van der Waals surface area (Å²) in [6.45, 7) is 7.45. The fourth-order valence-corrected chi connectivity index (χ4v) is 4.47. The second kappa shape index (κ2) is 20.4. The first kappa shape index (κ1) is 44.4. The number of hydrogen-bond donors (Lipinski definition) is 1. The molecule has 0 bridgehead atoms. The molecule has 17 heteroatoms. The van der Waals surface area contributed by atoms with Crippen LogP contribution in [0, 0.1) is 25.9 Å². The SMILES string of the molecule is CC(C)(C)C(=O)Nc1cccc(CN(Cc2cccc(-c3ccccc3)n2)Cc2cccc(-c3ccccc3)n2)n1.[O-][Cl+3]([O-])([O-])[O-].[O-][Cl+3]([O-])([O-])[O-].[Zn+2]. The number of nitrogens with one attached hydrogen (secondary N) is 1. The number of amides is 1. The van der Waals surface area contributed by atoms with Crippen molar-refractivity contribution in [2.24, 2.45) is 5.41 Å². The molecule has 0 atom stereocenters. The molecule has 3 heterocycles. The van der Waals surface area contributed by atoms with E-state index in [0.717, 1.165) is 39.6 Å². The molecule has 0 fully saturated rings. The van der Waals surface area contributed by atoms with E-state index in [1.165, 1.54) is 0 Å². The first-order valence-electron chi connectivity index (χ1n) is 15.1. The van der Waals surface area contributed by atoms with Gasteiger partial charge in [-0.05, 0) is 36.4 Å². The smallest absolute Gasteiger partial charge is 0.310 e. The summed E-state index contributed by atoms with van der Waals surface area (Å²) in [4.78, 5) is 29.6. The van der Waals surface area contributed by atoms with Crippen molar-refractivity contribution in [1.29, 1.82) is 0 Å². The van der Waals surface area contributed by atoms with E-state index in [2.05, 4.69) is 58.7 Å². The Kier molecular flexibility index (Phi) is 17.4. The molecule has 5 aromatic rings. The normalized spacial score (nSPS) is 11.3. The summed E-state index contributed by atoms with van der Waals surface area (Å²) in [6, 6.07) is 38.5. The third-order valence-electron chi connectivity index (χ3n) is 6.64. The Balaban J connectivity index is 0.000000753. The zero-order valence-electron chi connectivity index (χ0n) is 28.5. The molecule has 1 amide bonds. The van der Waals surface area contributed by atoms with Crippen LogP contribution in [0.1, 0.15) is 37.9 Å². The maximum Gasteiger partial charge on any atom is 2.00 e. The van der Waals surface area contributed by atoms with Crippen LogP contribution in [0.5, 0.6) is 0 Å². The van der Waals surface area contributed by atoms with E-state index in [-0.39, 0.29) is 25.4 Å². The van der Waals surface area contributed by atoms with Gasteiger partial charge in [0.1, 0.15) is 5.82 Å². The van der Waals surface area contributed by atoms with Gasteiger partial charge in [0.05, 0.1) is 28.5 Å². The minimum Gasteiger partial charge on any atom is -0.310 e. The summed E-state index contributed by atoms with van der Waals surface area (Å²) in [5.74, 6) is 0.485. The average Bonchev–Trinajstić information content (AvgIpc) is 3.04. The van der Waals surface area contributed by atoms with Crippen molar-refractivity contribution in [3.05, 3.63) is 132 Å². The predicted octanol–water partition coefficient (Wildman–Crippen LogP) is -2.12. The maximum absolute atomic E-state index is 12.6. The van der Waals surface area contributed by atoms with E-state index in [1.54, 1.807) is 0 Å². The van der Waals surface area contributed by atoms with Crippen LogP contribution < -0.4 is 42.6 Å². The number of benzene rings is 2. The average molecular weight is 806 g/mol. The monoisotopic (exact) mass is 803 g/mol. The molecular weight excluding hydrogens is 771 g/mol. The number of hydrogen-bond acceptors (Lipinski definition) is 13. The Labute approximate surface area is 318 Å². The summed E-state index contributed by atoms with van der Waals surface area (Å²) < 4.78 is 67.9. The van der Waals surface area contributed by atoms with Crippen LogP contribution in [-0.2, 0) is 43.9 Å². The second-order valence-electron chi connectivity index (χ2n) is 11.9. The first-order chi connectivity index (χ1) is 23.8. The summed E-state index contributed by atoms with van der Waals surface area (Å²) in [7, 11) is -9.89. The van der Waals surface area contributed by atoms with E-state index < -0.39 is 25.9 Å². The predicted molar refractivity (Wildman–Crippen MR) is 165 cm³/mol. The molecule has 0 saturated heterocycles. The van der Waals surface area contributed by atoms with Crippen molar-refractivity contribution >= 4 is 11.7 Å². The molecule has 0 spiro atoms. The summed E-state index contributed by atoms with van der Waals surface area (Å²) >= 11 is 0. The number of pyridine rings is 3. The molecule has 14 nitrogen and oxygen atoms in total. The molecule has 0 aliphatic rings. The van der Waals surface area contributed by atoms with Crippen LogP contribution in [0.25, 0.3) is 22.5 Å². The van der Waals surface area contributed by atoms with Gasteiger partial charge in [-0.3, -0.25) is 19.7 Å². The van der Waals surface area contributed by atoms with Crippen LogP contribution in [0.2, 0.25) is 0 Å². The molecular formula is C35H35Cl2N5O9Zn. The summed E-state index contributed by atoms with van der Waals surface area (Å²) in [5.41, 5.74) is 6.33. The zero-order valence-corrected chi connectivity index (χ0v) is 33.0. The molecule has 0 radical (unpaired) electrons. The van der Waals surface area contributed by atoms with Gasteiger partial charge in [0.25, 0.3) is 0 Å². The van der Waals surface area contributed by atoms with E-state index in [1.807, 2.05) is 87.5 Å². The molecule has 0 saturated carbocycles. The number of aromatic nitrogens is 3. The molecule has 52 heavy (non-hydrogen) atoms. The number of nitrogens with zero attached hydrogens (tertiary/aromatic N) is 4. The van der Waals surface area contributed by atoms with Gasteiger partial charge in [0.2, 0.25) is 5.91 Å². The number of carbonyl (C=O) groups is 1. The third kappa shape index (κ3) is 18.1. The Hall–Kier alpha value is -3.80. The van der Waals surface area contributed by atoms with Crippen LogP contribution in [0.15, 0.2) is 115 Å². The van der Waals surface area contributed by atoms with Crippen LogP contribution in [-0.4, -0.2) is 25.8 Å². The fraction of sp³-hybridized carbons (Fsp3) is 0.200. The van der Waals surface area contributed by atoms with Gasteiger partial charge < -0.3 is 5.32 Å². The minimum atomic E-state index is -4.94. The topological polar surface area (TPSA) is 255 Å². The number of rotatable bonds is 9. The summed E-state index contributed by atoms with van der Waals surface area (Å²) in [5, 5.41) is 2.95. The van der Waals surface area contributed by atoms with Gasteiger partial charge in [0, 0.05) is 36.2 Å². The van der Waals surface area contributed by atoms with E-state index in [4.69, 9.17) is 52.2 Å². The Morgan fingerprint density at radius 1 is 0.558 bits per heavy atom. The molecule has 3 aromatic heterocycles. The van der Waals surface area contributed by atoms with Crippen LogP contribution >= 0.6 is 0 Å². The summed E-state index contributed by atoms with van der Waals surface area (Å²) in [6.07, 6.45) is 0. The number of halogens is 2. The second-order valence-corrected chi connectivity index (χ2v) is 13.4. The molecule has 2 aromatic carbocycles. The Bertz CT molecular complexity index is 1720. The molecule has 270 valence electrons. The Morgan fingerprint density at radius 2 is 0.904 bits per heavy atom. The van der Waals surface area contributed by atoms with Crippen molar-refractivity contribution in [3.63, 3.8) is 0 Å². The quantitative estimate of drug-likeness (QED) is 0.157. The number of anilines is 1. The van der Waals surface area contributed by atoms with Crippen molar-refractivity contribution in [2.75, 3.05) is 5.32 Å². The fourth-order valence-electron chi connectivity index (χ4n) is 4.47. The largest absolute Gasteiger partial charge is 2.00 e. The molecule has 5 rings (SSSR count). The van der Waals surface area contributed by atoms with Gasteiger partial charge in [-0.15, -0.1) is 20.5 Å². The third-order valence-corrected chi connectivity index (χ3v) is 6.64. The first-order valence-corrected chi connectivity index (χ1v) is 17.6. The van der Waals surface area contributed by atoms with Gasteiger partial charge in [-0.25, -0.2) is 42.3 Å².